The molecule has 3 heteroatoms. The molecule has 1 aromatic carbocycles. The van der Waals surface area contributed by atoms with E-state index in [-0.39, 0.29) is 0 Å². The van der Waals surface area contributed by atoms with E-state index in [1.165, 1.54) is 0 Å². The summed E-state index contributed by atoms with van der Waals surface area (Å²) in [6.07, 6.45) is 9.34. The van der Waals surface area contributed by atoms with Crippen LogP contribution in [0.2, 0.25) is 0 Å². The number of nitrogens with zero attached hydrogens (tertiary/aromatic N) is 3. The van der Waals surface area contributed by atoms with E-state index in [9.17, 15) is 0 Å². The fraction of sp³-hybridized carbons (Fsp3) is 0. The molecule has 0 aromatic heterocycles. The molecule has 0 aliphatic carbocycles. The van der Waals surface area contributed by atoms with Crippen molar-refractivity contribution in [2.75, 3.05) is 4.90 Å². The summed E-state index contributed by atoms with van der Waals surface area (Å²) >= 11 is 0. The van der Waals surface area contributed by atoms with Crippen LogP contribution < -0.4 is 4.90 Å². The third kappa shape index (κ3) is 1.29. The topological polar surface area (TPSA) is 28.0 Å². The maximum Gasteiger partial charge on any atom is 0.0996 e. The summed E-state index contributed by atoms with van der Waals surface area (Å²) in [5.41, 5.74) is 3.11. The van der Waals surface area contributed by atoms with Gasteiger partial charge < -0.3 is 0 Å². The zero-order chi connectivity index (χ0) is 10.1. The molecule has 15 heavy (non-hydrogen) atoms. The molecule has 1 aromatic rings. The van der Waals surface area contributed by atoms with Gasteiger partial charge in [-0.1, -0.05) is 12.1 Å². The Morgan fingerprint density at radius 2 is 2.07 bits per heavy atom. The highest BCUT2D eigenvalue weighted by atomic mass is 15.2. The maximum atomic E-state index is 4.37. The summed E-state index contributed by atoms with van der Waals surface area (Å²) in [7, 11) is 0. The maximum absolute atomic E-state index is 4.37. The number of fused-ring (bicyclic) bond motifs is 3. The standard InChI is InChI=1S/C12H9N3/c1-2-4-12-11(3-1)14-8-6-10-5-7-13-9-15(10)12/h1-9H. The zero-order valence-electron chi connectivity index (χ0n) is 8.04. The molecule has 2 aliphatic rings. The average Bonchev–Trinajstić information content (AvgIpc) is 2.48. The van der Waals surface area contributed by atoms with Gasteiger partial charge in [0.15, 0.2) is 0 Å². The van der Waals surface area contributed by atoms with Crippen molar-refractivity contribution in [1.29, 1.82) is 0 Å². The largest absolute Gasteiger partial charge is 0.299 e. The van der Waals surface area contributed by atoms with Crippen molar-refractivity contribution in [2.24, 2.45) is 9.98 Å². The predicted molar refractivity (Wildman–Crippen MR) is 62.8 cm³/mol. The Labute approximate surface area is 87.8 Å². The Bertz CT molecular complexity index is 509. The van der Waals surface area contributed by atoms with Crippen molar-refractivity contribution in [3.63, 3.8) is 0 Å². The van der Waals surface area contributed by atoms with Gasteiger partial charge >= 0.3 is 0 Å². The van der Waals surface area contributed by atoms with E-state index in [2.05, 4.69) is 9.98 Å². The number of anilines is 1. The number of aliphatic imine (C=N–C) groups is 2. The van der Waals surface area contributed by atoms with Crippen LogP contribution in [0.15, 0.2) is 58.3 Å². The molecule has 0 unspecified atom stereocenters. The second-order valence-corrected chi connectivity index (χ2v) is 3.31. The summed E-state index contributed by atoms with van der Waals surface area (Å²) in [5, 5.41) is 0. The van der Waals surface area contributed by atoms with Gasteiger partial charge in [-0.25, -0.2) is 4.99 Å². The first-order chi connectivity index (χ1) is 7.45. The van der Waals surface area contributed by atoms with Crippen LogP contribution in [0, 0.1) is 0 Å². The Hall–Kier alpha value is -2.16. The molecule has 72 valence electrons. The Morgan fingerprint density at radius 3 is 3.07 bits per heavy atom. The van der Waals surface area contributed by atoms with Gasteiger partial charge in [0.2, 0.25) is 0 Å². The SMILES string of the molecule is C1=CC2=CC=Nc3ccccc3N2C=N1. The van der Waals surface area contributed by atoms with Gasteiger partial charge in [0, 0.05) is 12.4 Å². The number of allylic oxidation sites excluding steroid dienone is 2. The van der Waals surface area contributed by atoms with Gasteiger partial charge in [0.25, 0.3) is 0 Å². The molecule has 0 atom stereocenters. The second-order valence-electron chi connectivity index (χ2n) is 3.31. The van der Waals surface area contributed by atoms with E-state index in [4.69, 9.17) is 0 Å². The van der Waals surface area contributed by atoms with Crippen LogP contribution >= 0.6 is 0 Å². The third-order valence-corrected chi connectivity index (χ3v) is 2.39. The fourth-order valence-corrected chi connectivity index (χ4v) is 1.68. The molecule has 0 spiro atoms. The number of para-hydroxylation sites is 2. The number of benzene rings is 1. The molecular formula is C12H9N3. The number of hydrogen-bond acceptors (Lipinski definition) is 3. The molecule has 2 heterocycles. The minimum Gasteiger partial charge on any atom is -0.299 e. The van der Waals surface area contributed by atoms with Crippen molar-refractivity contribution in [1.82, 2.24) is 0 Å². The lowest BCUT2D eigenvalue weighted by Crippen LogP contribution is -2.20. The van der Waals surface area contributed by atoms with Crippen molar-refractivity contribution in [3.8, 4) is 0 Å². The average molecular weight is 195 g/mol. The summed E-state index contributed by atoms with van der Waals surface area (Å²) in [6, 6.07) is 8.02. The third-order valence-electron chi connectivity index (χ3n) is 2.39. The lowest BCUT2D eigenvalue weighted by Gasteiger charge is -2.22. The lowest BCUT2D eigenvalue weighted by atomic mass is 10.2. The highest BCUT2D eigenvalue weighted by Crippen LogP contribution is 2.32. The van der Waals surface area contributed by atoms with Crippen LogP contribution in [0.25, 0.3) is 0 Å². The molecule has 0 N–H and O–H groups in total. The van der Waals surface area contributed by atoms with Gasteiger partial charge in [0.1, 0.15) is 0 Å². The molecule has 0 bridgehead atoms. The minimum atomic E-state index is 0.963. The Kier molecular flexibility index (Phi) is 1.75. The van der Waals surface area contributed by atoms with Gasteiger partial charge in [-0.3, -0.25) is 9.89 Å². The summed E-state index contributed by atoms with van der Waals surface area (Å²) in [4.78, 5) is 10.5. The normalized spacial score (nSPS) is 16.8. The van der Waals surface area contributed by atoms with Gasteiger partial charge in [0.05, 0.1) is 23.4 Å². The van der Waals surface area contributed by atoms with Crippen LogP contribution in [0.1, 0.15) is 0 Å². The molecule has 0 amide bonds. The number of hydrogen-bond donors (Lipinski definition) is 0. The molecule has 0 radical (unpaired) electrons. The van der Waals surface area contributed by atoms with Crippen molar-refractivity contribution < 1.29 is 0 Å². The van der Waals surface area contributed by atoms with E-state index in [0.29, 0.717) is 0 Å². The Balaban J connectivity index is 2.20. The predicted octanol–water partition coefficient (Wildman–Crippen LogP) is 2.65. The van der Waals surface area contributed by atoms with Gasteiger partial charge in [-0.2, -0.15) is 0 Å². The van der Waals surface area contributed by atoms with E-state index in [1.807, 2.05) is 47.5 Å². The monoisotopic (exact) mass is 195 g/mol. The second kappa shape index (κ2) is 3.20. The summed E-state index contributed by atoms with van der Waals surface area (Å²) < 4.78 is 0. The molecule has 3 nitrogen and oxygen atoms in total. The first-order valence-corrected chi connectivity index (χ1v) is 4.77. The van der Waals surface area contributed by atoms with Crippen LogP contribution in [0.3, 0.4) is 0 Å². The van der Waals surface area contributed by atoms with Gasteiger partial charge in [-0.05, 0) is 24.3 Å². The molecule has 3 rings (SSSR count). The van der Waals surface area contributed by atoms with E-state index in [0.717, 1.165) is 17.1 Å². The molecule has 2 aliphatic heterocycles. The smallest absolute Gasteiger partial charge is 0.0996 e. The van der Waals surface area contributed by atoms with E-state index >= 15 is 0 Å². The van der Waals surface area contributed by atoms with Crippen LogP contribution in [-0.2, 0) is 0 Å². The number of rotatable bonds is 0. The van der Waals surface area contributed by atoms with Gasteiger partial charge in [-0.15, -0.1) is 0 Å². The minimum absolute atomic E-state index is 0.963. The molecule has 0 saturated carbocycles. The first kappa shape index (κ1) is 8.17. The Morgan fingerprint density at radius 1 is 1.13 bits per heavy atom. The molecular weight excluding hydrogens is 186 g/mol. The molecule has 0 saturated heterocycles. The van der Waals surface area contributed by atoms with E-state index in [1.54, 1.807) is 12.5 Å². The van der Waals surface area contributed by atoms with E-state index < -0.39 is 0 Å². The zero-order valence-corrected chi connectivity index (χ0v) is 8.04. The summed E-state index contributed by atoms with van der Waals surface area (Å²) in [6.45, 7) is 0. The van der Waals surface area contributed by atoms with Crippen molar-refractivity contribution in [2.45, 2.75) is 0 Å². The van der Waals surface area contributed by atoms with Crippen LogP contribution in [0.4, 0.5) is 11.4 Å². The van der Waals surface area contributed by atoms with Crippen LogP contribution in [0.5, 0.6) is 0 Å². The van der Waals surface area contributed by atoms with Crippen LogP contribution in [-0.4, -0.2) is 12.6 Å². The highest BCUT2D eigenvalue weighted by Gasteiger charge is 2.14. The lowest BCUT2D eigenvalue weighted by molar-refractivity contribution is 1.25. The fourth-order valence-electron chi connectivity index (χ4n) is 1.68. The van der Waals surface area contributed by atoms with Crippen molar-refractivity contribution >= 4 is 23.9 Å². The quantitative estimate of drug-likeness (QED) is 0.625. The molecule has 0 fully saturated rings. The summed E-state index contributed by atoms with van der Waals surface area (Å²) in [5.74, 6) is 0. The first-order valence-electron chi connectivity index (χ1n) is 4.77. The highest BCUT2D eigenvalue weighted by molar-refractivity contribution is 5.95. The van der Waals surface area contributed by atoms with Crippen molar-refractivity contribution in [3.05, 3.63) is 48.3 Å².